The smallest absolute Gasteiger partial charge is 0.330 e. The summed E-state index contributed by atoms with van der Waals surface area (Å²) < 4.78 is 6.03. The SMILES string of the molecule is CCOC(=O)C=CCCCCn1[nH]c(=O)sc1=O. The zero-order chi connectivity index (χ0) is 13.4. The van der Waals surface area contributed by atoms with Gasteiger partial charge in [0, 0.05) is 12.6 Å². The minimum atomic E-state index is -0.337. The summed E-state index contributed by atoms with van der Waals surface area (Å²) in [6.45, 7) is 2.62. The predicted octanol–water partition coefficient (Wildman–Crippen LogP) is 0.888. The third-order valence-corrected chi connectivity index (χ3v) is 2.84. The highest BCUT2D eigenvalue weighted by molar-refractivity contribution is 7.06. The molecule has 0 fully saturated rings. The van der Waals surface area contributed by atoms with E-state index in [0.29, 0.717) is 24.5 Å². The summed E-state index contributed by atoms with van der Waals surface area (Å²) in [5.41, 5.74) is 0. The third kappa shape index (κ3) is 5.13. The summed E-state index contributed by atoms with van der Waals surface area (Å²) in [7, 11) is 0. The Bertz CT molecular complexity index is 512. The normalized spacial score (nSPS) is 10.9. The highest BCUT2D eigenvalue weighted by Gasteiger charge is 1.99. The van der Waals surface area contributed by atoms with E-state index in [1.165, 1.54) is 10.8 Å². The van der Waals surface area contributed by atoms with E-state index in [1.54, 1.807) is 13.0 Å². The van der Waals surface area contributed by atoms with Crippen LogP contribution >= 0.6 is 11.3 Å². The van der Waals surface area contributed by atoms with Crippen LogP contribution in [0.5, 0.6) is 0 Å². The number of aryl methyl sites for hydroxylation is 1. The van der Waals surface area contributed by atoms with Crippen LogP contribution in [0.3, 0.4) is 0 Å². The number of hydrogen-bond acceptors (Lipinski definition) is 5. The second kappa shape index (κ2) is 7.65. The minimum Gasteiger partial charge on any atom is -0.463 e. The van der Waals surface area contributed by atoms with E-state index in [1.807, 2.05) is 0 Å². The fraction of sp³-hybridized carbons (Fsp3) is 0.545. The molecule has 0 spiro atoms. The van der Waals surface area contributed by atoms with Crippen LogP contribution in [0.25, 0.3) is 0 Å². The number of unbranched alkanes of at least 4 members (excludes halogenated alkanes) is 2. The molecule has 0 aromatic carbocycles. The van der Waals surface area contributed by atoms with Crippen LogP contribution < -0.4 is 9.75 Å². The summed E-state index contributed by atoms with van der Waals surface area (Å²) in [5.74, 6) is -0.337. The first-order chi connectivity index (χ1) is 8.63. The number of hydrogen-bond donors (Lipinski definition) is 1. The molecule has 1 rings (SSSR count). The molecule has 1 N–H and O–H groups in total. The van der Waals surface area contributed by atoms with Crippen LogP contribution in [0.4, 0.5) is 0 Å². The van der Waals surface area contributed by atoms with Gasteiger partial charge in [-0.15, -0.1) is 0 Å². The molecule has 1 heterocycles. The van der Waals surface area contributed by atoms with Crippen molar-refractivity contribution in [2.75, 3.05) is 6.61 Å². The van der Waals surface area contributed by atoms with Gasteiger partial charge in [0.1, 0.15) is 0 Å². The first-order valence-corrected chi connectivity index (χ1v) is 6.58. The zero-order valence-corrected chi connectivity index (χ0v) is 11.0. The van der Waals surface area contributed by atoms with Gasteiger partial charge >= 0.3 is 15.7 Å². The van der Waals surface area contributed by atoms with Crippen LogP contribution in [-0.2, 0) is 16.1 Å². The Labute approximate surface area is 108 Å². The molecule has 1 aromatic rings. The molecule has 0 aliphatic heterocycles. The lowest BCUT2D eigenvalue weighted by Crippen LogP contribution is -2.15. The Morgan fingerprint density at radius 2 is 2.22 bits per heavy atom. The number of carbonyl (C=O) groups excluding carboxylic acids is 1. The average Bonchev–Trinajstić information content (AvgIpc) is 2.62. The van der Waals surface area contributed by atoms with Crippen molar-refractivity contribution in [1.82, 2.24) is 9.78 Å². The highest BCUT2D eigenvalue weighted by atomic mass is 32.1. The van der Waals surface area contributed by atoms with Crippen molar-refractivity contribution in [3.8, 4) is 0 Å². The summed E-state index contributed by atoms with van der Waals surface area (Å²) in [6.07, 6.45) is 5.49. The number of rotatable bonds is 7. The quantitative estimate of drug-likeness (QED) is 0.454. The molecule has 0 bridgehead atoms. The molecule has 0 unspecified atom stereocenters. The van der Waals surface area contributed by atoms with E-state index < -0.39 is 0 Å². The number of aromatic amines is 1. The van der Waals surface area contributed by atoms with Crippen molar-refractivity contribution < 1.29 is 9.53 Å². The average molecular weight is 272 g/mol. The van der Waals surface area contributed by atoms with Crippen LogP contribution in [0.15, 0.2) is 21.7 Å². The van der Waals surface area contributed by atoms with Gasteiger partial charge in [-0.1, -0.05) is 6.08 Å². The fourth-order valence-corrected chi connectivity index (χ4v) is 1.92. The van der Waals surface area contributed by atoms with E-state index >= 15 is 0 Å². The Morgan fingerprint density at radius 3 is 2.83 bits per heavy atom. The predicted molar refractivity (Wildman–Crippen MR) is 68.8 cm³/mol. The van der Waals surface area contributed by atoms with E-state index in [-0.39, 0.29) is 15.7 Å². The Hall–Kier alpha value is -1.63. The second-order valence-electron chi connectivity index (χ2n) is 3.57. The lowest BCUT2D eigenvalue weighted by molar-refractivity contribution is -0.137. The molecule has 0 aliphatic carbocycles. The molecule has 0 saturated carbocycles. The maximum atomic E-state index is 11.2. The lowest BCUT2D eigenvalue weighted by atomic mass is 10.2. The minimum absolute atomic E-state index is 0.262. The molecular formula is C11H16N2O4S. The van der Waals surface area contributed by atoms with Gasteiger partial charge in [0.25, 0.3) is 0 Å². The molecule has 0 aliphatic rings. The van der Waals surface area contributed by atoms with Crippen molar-refractivity contribution in [2.24, 2.45) is 0 Å². The van der Waals surface area contributed by atoms with Crippen molar-refractivity contribution in [3.63, 3.8) is 0 Å². The number of H-pyrrole nitrogens is 1. The van der Waals surface area contributed by atoms with Gasteiger partial charge in [-0.05, 0) is 37.5 Å². The third-order valence-electron chi connectivity index (χ3n) is 2.17. The van der Waals surface area contributed by atoms with Gasteiger partial charge in [0.2, 0.25) is 0 Å². The lowest BCUT2D eigenvalue weighted by Gasteiger charge is -1.98. The van der Waals surface area contributed by atoms with E-state index in [2.05, 4.69) is 5.10 Å². The number of aromatic nitrogens is 2. The standard InChI is InChI=1S/C11H16N2O4S/c1-2-17-9(14)7-5-3-4-6-8-13-11(16)18-10(15)12-13/h5,7H,2-4,6,8H2,1H3,(H,12,15). The molecule has 18 heavy (non-hydrogen) atoms. The number of carbonyl (C=O) groups is 1. The van der Waals surface area contributed by atoms with E-state index in [9.17, 15) is 14.4 Å². The molecule has 0 atom stereocenters. The maximum absolute atomic E-state index is 11.2. The number of allylic oxidation sites excluding steroid dienone is 1. The summed E-state index contributed by atoms with van der Waals surface area (Å²) in [6, 6.07) is 0. The van der Waals surface area contributed by atoms with Crippen molar-refractivity contribution >= 4 is 17.3 Å². The molecule has 100 valence electrons. The zero-order valence-electron chi connectivity index (χ0n) is 10.2. The second-order valence-corrected chi connectivity index (χ2v) is 4.49. The van der Waals surface area contributed by atoms with Gasteiger partial charge in [0.15, 0.2) is 0 Å². The van der Waals surface area contributed by atoms with Gasteiger partial charge < -0.3 is 4.74 Å². The van der Waals surface area contributed by atoms with Gasteiger partial charge in [0.05, 0.1) is 6.61 Å². The van der Waals surface area contributed by atoms with Gasteiger partial charge in [-0.25, -0.2) is 9.48 Å². The monoisotopic (exact) mass is 272 g/mol. The summed E-state index contributed by atoms with van der Waals surface area (Å²) in [4.78, 5) is 32.4. The highest BCUT2D eigenvalue weighted by Crippen LogP contribution is 1.98. The number of esters is 1. The summed E-state index contributed by atoms with van der Waals surface area (Å²) >= 11 is 0.668. The Balaban J connectivity index is 2.20. The van der Waals surface area contributed by atoms with Crippen molar-refractivity contribution in [1.29, 1.82) is 0 Å². The van der Waals surface area contributed by atoms with Crippen molar-refractivity contribution in [2.45, 2.75) is 32.7 Å². The molecule has 0 amide bonds. The molecule has 0 saturated heterocycles. The number of nitrogens with one attached hydrogen (secondary N) is 1. The Morgan fingerprint density at radius 1 is 1.44 bits per heavy atom. The molecule has 7 heteroatoms. The molecule has 1 aromatic heterocycles. The first kappa shape index (κ1) is 14.4. The summed E-state index contributed by atoms with van der Waals surface area (Å²) in [5, 5.41) is 2.45. The van der Waals surface area contributed by atoms with Crippen LogP contribution in [-0.4, -0.2) is 22.4 Å². The van der Waals surface area contributed by atoms with Gasteiger partial charge in [-0.3, -0.25) is 14.7 Å². The van der Waals surface area contributed by atoms with Gasteiger partial charge in [-0.2, -0.15) is 0 Å². The molecule has 0 radical (unpaired) electrons. The Kier molecular flexibility index (Phi) is 6.13. The van der Waals surface area contributed by atoms with Crippen LogP contribution in [0, 0.1) is 0 Å². The van der Waals surface area contributed by atoms with Crippen molar-refractivity contribution in [3.05, 3.63) is 31.5 Å². The number of ether oxygens (including phenoxy) is 1. The topological polar surface area (TPSA) is 81.2 Å². The number of nitrogens with zero attached hydrogens (tertiary/aromatic N) is 1. The molecular weight excluding hydrogens is 256 g/mol. The van der Waals surface area contributed by atoms with E-state index in [4.69, 9.17) is 4.74 Å². The van der Waals surface area contributed by atoms with E-state index in [0.717, 1.165) is 19.3 Å². The first-order valence-electron chi connectivity index (χ1n) is 5.76. The largest absolute Gasteiger partial charge is 0.463 e. The molecule has 6 nitrogen and oxygen atoms in total. The van der Waals surface area contributed by atoms with Crippen LogP contribution in [0.2, 0.25) is 0 Å². The fourth-order valence-electron chi connectivity index (χ4n) is 1.36. The maximum Gasteiger partial charge on any atom is 0.330 e. The van der Waals surface area contributed by atoms with Crippen LogP contribution in [0.1, 0.15) is 26.2 Å².